The number of benzene rings is 1. The Morgan fingerprint density at radius 3 is 2.75 bits per heavy atom. The molecular formula is C15H19N. The second-order valence-electron chi connectivity index (χ2n) is 4.40. The minimum absolute atomic E-state index is 1.12. The average Bonchev–Trinajstić information content (AvgIpc) is 2.30. The number of hydrogen-bond acceptors (Lipinski definition) is 1. The molecule has 84 valence electrons. The van der Waals surface area contributed by atoms with Crippen LogP contribution < -0.4 is 0 Å². The van der Waals surface area contributed by atoms with E-state index in [1.165, 1.54) is 35.9 Å². The first-order chi connectivity index (χ1) is 7.81. The molecule has 0 unspecified atom stereocenters. The summed E-state index contributed by atoms with van der Waals surface area (Å²) in [4.78, 5) is 4.75. The Hall–Kier alpha value is -1.37. The predicted octanol–water partition coefficient (Wildman–Crippen LogP) is 4.28. The van der Waals surface area contributed by atoms with Crippen LogP contribution in [0.2, 0.25) is 0 Å². The highest BCUT2D eigenvalue weighted by Crippen LogP contribution is 2.17. The fourth-order valence-corrected chi connectivity index (χ4v) is 2.06. The van der Waals surface area contributed by atoms with E-state index < -0.39 is 0 Å². The summed E-state index contributed by atoms with van der Waals surface area (Å²) in [6, 6.07) is 10.6. The second kappa shape index (κ2) is 5.11. The van der Waals surface area contributed by atoms with Crippen LogP contribution in [0.15, 0.2) is 30.3 Å². The van der Waals surface area contributed by atoms with Crippen molar-refractivity contribution in [3.05, 3.63) is 41.6 Å². The molecule has 0 amide bonds. The van der Waals surface area contributed by atoms with Crippen molar-refractivity contribution in [3.8, 4) is 0 Å². The molecule has 0 aliphatic carbocycles. The lowest BCUT2D eigenvalue weighted by molar-refractivity contribution is 0.706. The molecule has 1 nitrogen and oxygen atoms in total. The molecular weight excluding hydrogens is 194 g/mol. The largest absolute Gasteiger partial charge is 0.253 e. The zero-order valence-electron chi connectivity index (χ0n) is 10.2. The molecule has 0 N–H and O–H groups in total. The number of para-hydroxylation sites is 1. The summed E-state index contributed by atoms with van der Waals surface area (Å²) in [7, 11) is 0. The van der Waals surface area contributed by atoms with Gasteiger partial charge in [-0.2, -0.15) is 0 Å². The van der Waals surface area contributed by atoms with Gasteiger partial charge in [0.15, 0.2) is 0 Å². The third-order valence-corrected chi connectivity index (χ3v) is 3.04. The number of fused-ring (bicyclic) bond motifs is 1. The number of aromatic nitrogens is 1. The molecule has 0 radical (unpaired) electrons. The van der Waals surface area contributed by atoms with Crippen LogP contribution in [0.5, 0.6) is 0 Å². The molecule has 0 atom stereocenters. The van der Waals surface area contributed by atoms with Crippen molar-refractivity contribution >= 4 is 10.9 Å². The Bertz CT molecular complexity index is 474. The van der Waals surface area contributed by atoms with E-state index in [1.807, 2.05) is 0 Å². The van der Waals surface area contributed by atoms with Crippen molar-refractivity contribution in [2.75, 3.05) is 0 Å². The van der Waals surface area contributed by atoms with Gasteiger partial charge in [-0.15, -0.1) is 0 Å². The van der Waals surface area contributed by atoms with E-state index in [0.29, 0.717) is 0 Å². The van der Waals surface area contributed by atoms with Gasteiger partial charge in [0.25, 0.3) is 0 Å². The maximum atomic E-state index is 4.75. The molecule has 0 saturated carbocycles. The van der Waals surface area contributed by atoms with Gasteiger partial charge in [-0.25, -0.2) is 0 Å². The summed E-state index contributed by atoms with van der Waals surface area (Å²) in [6.45, 7) is 4.40. The first-order valence-corrected chi connectivity index (χ1v) is 6.16. The van der Waals surface area contributed by atoms with E-state index >= 15 is 0 Å². The maximum Gasteiger partial charge on any atom is 0.0705 e. The minimum Gasteiger partial charge on any atom is -0.253 e. The fraction of sp³-hybridized carbons (Fsp3) is 0.400. The molecule has 1 aromatic heterocycles. The van der Waals surface area contributed by atoms with E-state index in [9.17, 15) is 0 Å². The van der Waals surface area contributed by atoms with Crippen LogP contribution in [0.1, 0.15) is 37.4 Å². The Balaban J connectivity index is 2.27. The Morgan fingerprint density at radius 1 is 1.12 bits per heavy atom. The van der Waals surface area contributed by atoms with Crippen LogP contribution in [0.3, 0.4) is 0 Å². The van der Waals surface area contributed by atoms with Crippen LogP contribution in [0.4, 0.5) is 0 Å². The Labute approximate surface area is 97.5 Å². The molecule has 2 rings (SSSR count). The highest BCUT2D eigenvalue weighted by Gasteiger charge is 2.02. The molecule has 0 saturated heterocycles. The number of nitrogens with zero attached hydrogens (tertiary/aromatic N) is 1. The van der Waals surface area contributed by atoms with Gasteiger partial charge >= 0.3 is 0 Å². The van der Waals surface area contributed by atoms with Crippen molar-refractivity contribution < 1.29 is 0 Å². The lowest BCUT2D eigenvalue weighted by Crippen LogP contribution is -1.95. The summed E-state index contributed by atoms with van der Waals surface area (Å²) in [5.74, 6) is 0. The smallest absolute Gasteiger partial charge is 0.0705 e. The van der Waals surface area contributed by atoms with Crippen LogP contribution in [-0.4, -0.2) is 4.98 Å². The summed E-state index contributed by atoms with van der Waals surface area (Å²) < 4.78 is 0. The zero-order chi connectivity index (χ0) is 11.4. The van der Waals surface area contributed by atoms with Crippen molar-refractivity contribution in [2.24, 2.45) is 0 Å². The van der Waals surface area contributed by atoms with Crippen molar-refractivity contribution in [1.82, 2.24) is 4.98 Å². The van der Waals surface area contributed by atoms with Crippen LogP contribution in [0, 0.1) is 6.92 Å². The molecule has 16 heavy (non-hydrogen) atoms. The maximum absolute atomic E-state index is 4.75. The highest BCUT2D eigenvalue weighted by atomic mass is 14.7. The number of pyridine rings is 1. The van der Waals surface area contributed by atoms with E-state index in [0.717, 1.165) is 11.9 Å². The molecule has 0 bridgehead atoms. The van der Waals surface area contributed by atoms with Crippen molar-refractivity contribution in [2.45, 2.75) is 39.5 Å². The van der Waals surface area contributed by atoms with Crippen LogP contribution in [-0.2, 0) is 6.42 Å². The van der Waals surface area contributed by atoms with E-state index in [1.54, 1.807) is 0 Å². The molecule has 1 heterocycles. The summed E-state index contributed by atoms with van der Waals surface area (Å²) in [6.07, 6.45) is 4.94. The van der Waals surface area contributed by atoms with Gasteiger partial charge in [0.05, 0.1) is 5.52 Å². The van der Waals surface area contributed by atoms with Gasteiger partial charge in [-0.3, -0.25) is 4.98 Å². The monoisotopic (exact) mass is 213 g/mol. The highest BCUT2D eigenvalue weighted by molar-refractivity contribution is 5.79. The first kappa shape index (κ1) is 11.1. The van der Waals surface area contributed by atoms with Gasteiger partial charge in [0, 0.05) is 11.1 Å². The molecule has 0 fully saturated rings. The standard InChI is InChI=1S/C15H19N/c1-3-4-5-9-14-12(2)11-13-8-6-7-10-15(13)16-14/h6-8,10-11H,3-5,9H2,1-2H3. The van der Waals surface area contributed by atoms with Gasteiger partial charge in [0.1, 0.15) is 0 Å². The minimum atomic E-state index is 1.12. The van der Waals surface area contributed by atoms with E-state index in [4.69, 9.17) is 4.98 Å². The topological polar surface area (TPSA) is 12.9 Å². The number of hydrogen-bond donors (Lipinski definition) is 0. The lowest BCUT2D eigenvalue weighted by atomic mass is 10.1. The molecule has 2 aromatic rings. The molecule has 0 aliphatic heterocycles. The second-order valence-corrected chi connectivity index (χ2v) is 4.40. The van der Waals surface area contributed by atoms with E-state index in [-0.39, 0.29) is 0 Å². The third-order valence-electron chi connectivity index (χ3n) is 3.04. The van der Waals surface area contributed by atoms with Gasteiger partial charge in [0.2, 0.25) is 0 Å². The van der Waals surface area contributed by atoms with Crippen LogP contribution in [0.25, 0.3) is 10.9 Å². The van der Waals surface area contributed by atoms with E-state index in [2.05, 4.69) is 44.2 Å². The summed E-state index contributed by atoms with van der Waals surface area (Å²) >= 11 is 0. The normalized spacial score (nSPS) is 10.9. The molecule has 1 aromatic carbocycles. The summed E-state index contributed by atoms with van der Waals surface area (Å²) in [5, 5.41) is 1.25. The quantitative estimate of drug-likeness (QED) is 0.691. The van der Waals surface area contributed by atoms with Gasteiger partial charge in [-0.1, -0.05) is 38.0 Å². The summed E-state index contributed by atoms with van der Waals surface area (Å²) in [5.41, 5.74) is 3.72. The SMILES string of the molecule is CCCCCc1nc2ccccc2cc1C. The number of aryl methyl sites for hydroxylation is 2. The number of rotatable bonds is 4. The Kier molecular flexibility index (Phi) is 3.55. The fourth-order valence-electron chi connectivity index (χ4n) is 2.06. The van der Waals surface area contributed by atoms with Crippen molar-refractivity contribution in [1.29, 1.82) is 0 Å². The lowest BCUT2D eigenvalue weighted by Gasteiger charge is -2.06. The van der Waals surface area contributed by atoms with Crippen LogP contribution >= 0.6 is 0 Å². The first-order valence-electron chi connectivity index (χ1n) is 6.16. The predicted molar refractivity (Wildman–Crippen MR) is 69.7 cm³/mol. The van der Waals surface area contributed by atoms with Crippen molar-refractivity contribution in [3.63, 3.8) is 0 Å². The molecule has 0 aliphatic rings. The van der Waals surface area contributed by atoms with Gasteiger partial charge in [-0.05, 0) is 37.5 Å². The molecule has 0 spiro atoms. The van der Waals surface area contributed by atoms with Gasteiger partial charge < -0.3 is 0 Å². The number of unbranched alkanes of at least 4 members (excludes halogenated alkanes) is 2. The Morgan fingerprint density at radius 2 is 1.94 bits per heavy atom. The third kappa shape index (κ3) is 2.41. The average molecular weight is 213 g/mol. The zero-order valence-corrected chi connectivity index (χ0v) is 10.2. The molecule has 1 heteroatoms.